The summed E-state index contributed by atoms with van der Waals surface area (Å²) in [6, 6.07) is 20.4. The van der Waals surface area contributed by atoms with Crippen LogP contribution in [-0.2, 0) is 17.8 Å². The number of nitrogens with one attached hydrogen (secondary N) is 1. The van der Waals surface area contributed by atoms with E-state index in [1.54, 1.807) is 24.3 Å². The topological polar surface area (TPSA) is 73.2 Å². The standard InChI is InChI=1S/C27H26ClN3O3/c1-18-7-8-19(2)25(15-18)34-17-27(33)29-14-13-26-30-22-5-3-4-6-23(22)31(26)16-24(32)20-9-11-21(28)12-10-20/h3-12,15H,13-14,16-17H2,1-2H3,(H,29,33). The van der Waals surface area contributed by atoms with Gasteiger partial charge in [-0.05, 0) is 67.4 Å². The smallest absolute Gasteiger partial charge is 0.257 e. The van der Waals surface area contributed by atoms with Crippen molar-refractivity contribution in [2.24, 2.45) is 0 Å². The third-order valence-corrected chi connectivity index (χ3v) is 5.83. The predicted molar refractivity (Wildman–Crippen MR) is 134 cm³/mol. The molecule has 34 heavy (non-hydrogen) atoms. The number of para-hydroxylation sites is 2. The van der Waals surface area contributed by atoms with Crippen molar-refractivity contribution in [3.05, 3.63) is 94.3 Å². The van der Waals surface area contributed by atoms with Crippen LogP contribution in [0.2, 0.25) is 5.02 Å². The second-order valence-corrected chi connectivity index (χ2v) is 8.63. The molecule has 0 radical (unpaired) electrons. The Labute approximate surface area is 203 Å². The van der Waals surface area contributed by atoms with E-state index in [9.17, 15) is 9.59 Å². The van der Waals surface area contributed by atoms with Crippen molar-refractivity contribution in [3.63, 3.8) is 0 Å². The van der Waals surface area contributed by atoms with Crippen molar-refractivity contribution in [2.45, 2.75) is 26.8 Å². The molecule has 1 aromatic heterocycles. The van der Waals surface area contributed by atoms with Gasteiger partial charge in [-0.15, -0.1) is 0 Å². The number of benzene rings is 3. The number of hydrogen-bond acceptors (Lipinski definition) is 4. The molecule has 0 fully saturated rings. The quantitative estimate of drug-likeness (QED) is 0.348. The number of Topliss-reactive ketones (excluding diaryl/α,β-unsaturated/α-hetero) is 1. The molecule has 6 nitrogen and oxygen atoms in total. The molecule has 0 unspecified atom stereocenters. The summed E-state index contributed by atoms with van der Waals surface area (Å²) in [5.41, 5.74) is 4.34. The Morgan fingerprint density at radius 2 is 1.79 bits per heavy atom. The van der Waals surface area contributed by atoms with Crippen LogP contribution in [0.5, 0.6) is 5.75 Å². The number of halogens is 1. The van der Waals surface area contributed by atoms with E-state index in [1.165, 1.54) is 0 Å². The molecular weight excluding hydrogens is 450 g/mol. The molecule has 0 atom stereocenters. The molecular formula is C27H26ClN3O3. The molecule has 0 saturated heterocycles. The number of aryl methyl sites for hydroxylation is 2. The first kappa shape index (κ1) is 23.5. The molecule has 0 aliphatic rings. The minimum atomic E-state index is -0.208. The molecule has 7 heteroatoms. The molecule has 0 aliphatic heterocycles. The fraction of sp³-hybridized carbons (Fsp3) is 0.222. The first-order valence-corrected chi connectivity index (χ1v) is 11.5. The van der Waals surface area contributed by atoms with Gasteiger partial charge in [0.05, 0.1) is 17.6 Å². The number of ether oxygens (including phenoxy) is 1. The van der Waals surface area contributed by atoms with Crippen molar-refractivity contribution in [2.75, 3.05) is 13.2 Å². The van der Waals surface area contributed by atoms with Gasteiger partial charge in [-0.25, -0.2) is 4.98 Å². The van der Waals surface area contributed by atoms with E-state index in [4.69, 9.17) is 21.3 Å². The zero-order valence-corrected chi connectivity index (χ0v) is 19.9. The maximum absolute atomic E-state index is 12.9. The summed E-state index contributed by atoms with van der Waals surface area (Å²) in [6.07, 6.45) is 0.484. The zero-order chi connectivity index (χ0) is 24.1. The van der Waals surface area contributed by atoms with E-state index in [1.807, 2.05) is 60.9 Å². The SMILES string of the molecule is Cc1ccc(C)c(OCC(=O)NCCc2nc3ccccc3n2CC(=O)c2ccc(Cl)cc2)c1. The highest BCUT2D eigenvalue weighted by atomic mass is 35.5. The summed E-state index contributed by atoms with van der Waals surface area (Å²) in [7, 11) is 0. The number of rotatable bonds is 9. The summed E-state index contributed by atoms with van der Waals surface area (Å²) in [6.45, 7) is 4.41. The highest BCUT2D eigenvalue weighted by Gasteiger charge is 2.15. The molecule has 0 saturated carbocycles. The fourth-order valence-electron chi connectivity index (χ4n) is 3.73. The minimum Gasteiger partial charge on any atom is -0.483 e. The van der Waals surface area contributed by atoms with Crippen LogP contribution in [-0.4, -0.2) is 34.4 Å². The summed E-state index contributed by atoms with van der Waals surface area (Å²) in [5, 5.41) is 3.47. The maximum Gasteiger partial charge on any atom is 0.257 e. The number of imidazole rings is 1. The van der Waals surface area contributed by atoms with Crippen molar-refractivity contribution in [1.29, 1.82) is 0 Å². The van der Waals surface area contributed by atoms with Crippen LogP contribution in [0.4, 0.5) is 0 Å². The Morgan fingerprint density at radius 3 is 2.59 bits per heavy atom. The third kappa shape index (κ3) is 5.64. The van der Waals surface area contributed by atoms with Crippen LogP contribution < -0.4 is 10.1 Å². The summed E-state index contributed by atoms with van der Waals surface area (Å²) < 4.78 is 7.58. The van der Waals surface area contributed by atoms with Crippen LogP contribution >= 0.6 is 11.6 Å². The van der Waals surface area contributed by atoms with Gasteiger partial charge in [0.15, 0.2) is 12.4 Å². The average molecular weight is 476 g/mol. The average Bonchev–Trinajstić information content (AvgIpc) is 3.17. The highest BCUT2D eigenvalue weighted by molar-refractivity contribution is 6.30. The molecule has 1 heterocycles. The number of ketones is 1. The molecule has 4 aromatic rings. The molecule has 0 spiro atoms. The lowest BCUT2D eigenvalue weighted by atomic mass is 10.1. The molecule has 0 bridgehead atoms. The lowest BCUT2D eigenvalue weighted by Crippen LogP contribution is -2.31. The van der Waals surface area contributed by atoms with Gasteiger partial charge in [-0.1, -0.05) is 35.9 Å². The highest BCUT2D eigenvalue weighted by Crippen LogP contribution is 2.20. The number of carbonyl (C=O) groups excluding carboxylic acids is 2. The van der Waals surface area contributed by atoms with E-state index < -0.39 is 0 Å². The van der Waals surface area contributed by atoms with E-state index in [0.29, 0.717) is 29.3 Å². The molecule has 1 amide bonds. The summed E-state index contributed by atoms with van der Waals surface area (Å²) in [4.78, 5) is 29.9. The Bertz CT molecular complexity index is 1330. The normalized spacial score (nSPS) is 10.9. The molecule has 3 aromatic carbocycles. The van der Waals surface area contributed by atoms with Crippen molar-refractivity contribution < 1.29 is 14.3 Å². The van der Waals surface area contributed by atoms with E-state index in [0.717, 1.165) is 28.0 Å². The van der Waals surface area contributed by atoms with Crippen LogP contribution in [0.15, 0.2) is 66.7 Å². The van der Waals surface area contributed by atoms with Gasteiger partial charge in [0.2, 0.25) is 0 Å². The third-order valence-electron chi connectivity index (χ3n) is 5.57. The Kier molecular flexibility index (Phi) is 7.28. The number of carbonyl (C=O) groups is 2. The van der Waals surface area contributed by atoms with E-state index in [-0.39, 0.29) is 24.8 Å². The number of fused-ring (bicyclic) bond motifs is 1. The minimum absolute atomic E-state index is 0.0352. The fourth-order valence-corrected chi connectivity index (χ4v) is 3.86. The van der Waals surface area contributed by atoms with Gasteiger partial charge in [-0.2, -0.15) is 0 Å². The Balaban J connectivity index is 1.40. The van der Waals surface area contributed by atoms with Crippen LogP contribution in [0.1, 0.15) is 27.3 Å². The second-order valence-electron chi connectivity index (χ2n) is 8.19. The van der Waals surface area contributed by atoms with Crippen LogP contribution in [0, 0.1) is 13.8 Å². The maximum atomic E-state index is 12.9. The Hall–Kier alpha value is -3.64. The summed E-state index contributed by atoms with van der Waals surface area (Å²) in [5.74, 6) is 1.20. The van der Waals surface area contributed by atoms with Crippen LogP contribution in [0.25, 0.3) is 11.0 Å². The molecule has 0 aliphatic carbocycles. The monoisotopic (exact) mass is 475 g/mol. The number of hydrogen-bond donors (Lipinski definition) is 1. The van der Waals surface area contributed by atoms with Gasteiger partial charge >= 0.3 is 0 Å². The van der Waals surface area contributed by atoms with Gasteiger partial charge in [0, 0.05) is 23.6 Å². The van der Waals surface area contributed by atoms with Crippen molar-refractivity contribution in [3.8, 4) is 5.75 Å². The lowest BCUT2D eigenvalue weighted by molar-refractivity contribution is -0.123. The molecule has 4 rings (SSSR count). The number of amides is 1. The zero-order valence-electron chi connectivity index (χ0n) is 19.2. The predicted octanol–water partition coefficient (Wildman–Crippen LogP) is 4.93. The lowest BCUT2D eigenvalue weighted by Gasteiger charge is -2.11. The van der Waals surface area contributed by atoms with Crippen LogP contribution in [0.3, 0.4) is 0 Å². The number of aromatic nitrogens is 2. The second kappa shape index (κ2) is 10.5. The largest absolute Gasteiger partial charge is 0.483 e. The first-order chi connectivity index (χ1) is 16.4. The Morgan fingerprint density at radius 1 is 1.03 bits per heavy atom. The number of nitrogens with zero attached hydrogens (tertiary/aromatic N) is 2. The first-order valence-electron chi connectivity index (χ1n) is 11.1. The van der Waals surface area contributed by atoms with E-state index >= 15 is 0 Å². The summed E-state index contributed by atoms with van der Waals surface area (Å²) >= 11 is 5.95. The van der Waals surface area contributed by atoms with Gasteiger partial charge < -0.3 is 14.6 Å². The molecule has 174 valence electrons. The van der Waals surface area contributed by atoms with Gasteiger partial charge in [-0.3, -0.25) is 9.59 Å². The molecule has 1 N–H and O–H groups in total. The van der Waals surface area contributed by atoms with Crippen molar-refractivity contribution in [1.82, 2.24) is 14.9 Å². The van der Waals surface area contributed by atoms with Gasteiger partial charge in [0.25, 0.3) is 5.91 Å². The van der Waals surface area contributed by atoms with Gasteiger partial charge in [0.1, 0.15) is 11.6 Å². The van der Waals surface area contributed by atoms with E-state index in [2.05, 4.69) is 5.32 Å². The van der Waals surface area contributed by atoms with Crippen molar-refractivity contribution >= 4 is 34.3 Å².